The third kappa shape index (κ3) is 3.71. The molecule has 0 radical (unpaired) electrons. The lowest BCUT2D eigenvalue weighted by molar-refractivity contribution is -0.141. The summed E-state index contributed by atoms with van der Waals surface area (Å²) < 4.78 is 43.1. The van der Waals surface area contributed by atoms with Crippen molar-refractivity contribution < 1.29 is 17.9 Å². The first-order chi connectivity index (χ1) is 9.90. The second-order valence-electron chi connectivity index (χ2n) is 4.18. The second kappa shape index (κ2) is 5.82. The first kappa shape index (κ1) is 14.8. The highest BCUT2D eigenvalue weighted by Gasteiger charge is 2.33. The van der Waals surface area contributed by atoms with E-state index in [0.717, 1.165) is 12.3 Å². The number of hydrogen-bond acceptors (Lipinski definition) is 4. The molecule has 2 rings (SSSR count). The zero-order valence-electron chi connectivity index (χ0n) is 10.9. The average molecular weight is 295 g/mol. The predicted molar refractivity (Wildman–Crippen MR) is 71.9 cm³/mol. The molecule has 0 atom stereocenters. The Hall–Kier alpha value is -2.57. The van der Waals surface area contributed by atoms with Gasteiger partial charge in [-0.3, -0.25) is 0 Å². The quantitative estimate of drug-likeness (QED) is 0.691. The van der Waals surface area contributed by atoms with Crippen LogP contribution in [0.2, 0.25) is 0 Å². The molecule has 21 heavy (non-hydrogen) atoms. The summed E-state index contributed by atoms with van der Waals surface area (Å²) in [4.78, 5) is 7.03. The van der Waals surface area contributed by atoms with Crippen LogP contribution in [0.25, 0.3) is 0 Å². The van der Waals surface area contributed by atoms with Crippen LogP contribution in [0.1, 0.15) is 11.3 Å². The summed E-state index contributed by atoms with van der Waals surface area (Å²) in [6.07, 6.45) is -1.46. The van der Waals surface area contributed by atoms with Gasteiger partial charge in [0.2, 0.25) is 0 Å². The molecule has 1 aromatic heterocycles. The summed E-state index contributed by atoms with van der Waals surface area (Å²) in [6.45, 7) is 3.60. The van der Waals surface area contributed by atoms with Crippen LogP contribution in [0.5, 0.6) is 11.8 Å². The Bertz CT molecular complexity index is 656. The van der Waals surface area contributed by atoms with Crippen LogP contribution in [0, 0.1) is 0 Å². The summed E-state index contributed by atoms with van der Waals surface area (Å²) in [5.74, 6) is 0.337. The molecule has 110 valence electrons. The molecule has 2 N–H and O–H groups in total. The molecule has 0 aliphatic heterocycles. The van der Waals surface area contributed by atoms with Gasteiger partial charge in [-0.1, -0.05) is 6.08 Å². The Kier molecular flexibility index (Phi) is 4.11. The third-order valence-electron chi connectivity index (χ3n) is 2.57. The van der Waals surface area contributed by atoms with Crippen molar-refractivity contribution in [3.05, 3.63) is 54.4 Å². The van der Waals surface area contributed by atoms with Crippen LogP contribution < -0.4 is 10.5 Å². The van der Waals surface area contributed by atoms with Crippen molar-refractivity contribution >= 4 is 5.69 Å². The van der Waals surface area contributed by atoms with Crippen LogP contribution in [0.15, 0.2) is 43.1 Å². The maximum Gasteiger partial charge on any atom is 0.433 e. The van der Waals surface area contributed by atoms with Crippen molar-refractivity contribution in [1.29, 1.82) is 0 Å². The number of nitrogens with two attached hydrogens (primary N) is 1. The van der Waals surface area contributed by atoms with Crippen LogP contribution in [-0.2, 0) is 12.6 Å². The van der Waals surface area contributed by atoms with Gasteiger partial charge in [0, 0.05) is 17.4 Å². The van der Waals surface area contributed by atoms with Gasteiger partial charge in [0.1, 0.15) is 5.75 Å². The minimum Gasteiger partial charge on any atom is -0.424 e. The minimum absolute atomic E-state index is 0.337. The maximum atomic E-state index is 12.6. The van der Waals surface area contributed by atoms with Crippen molar-refractivity contribution in [3.63, 3.8) is 0 Å². The second-order valence-corrected chi connectivity index (χ2v) is 4.18. The fourth-order valence-electron chi connectivity index (χ4n) is 1.66. The van der Waals surface area contributed by atoms with E-state index in [0.29, 0.717) is 23.4 Å². The zero-order valence-corrected chi connectivity index (χ0v) is 10.9. The molecule has 7 heteroatoms. The molecule has 0 saturated carbocycles. The smallest absolute Gasteiger partial charge is 0.424 e. The Labute approximate surface area is 119 Å². The first-order valence-corrected chi connectivity index (χ1v) is 5.97. The van der Waals surface area contributed by atoms with Crippen molar-refractivity contribution in [2.75, 3.05) is 5.73 Å². The summed E-state index contributed by atoms with van der Waals surface area (Å²) in [7, 11) is 0. The van der Waals surface area contributed by atoms with Crippen molar-refractivity contribution in [1.82, 2.24) is 9.97 Å². The predicted octanol–water partition coefficient (Wildman–Crippen LogP) is 3.60. The summed E-state index contributed by atoms with van der Waals surface area (Å²) in [5.41, 5.74) is 5.80. The van der Waals surface area contributed by atoms with Crippen molar-refractivity contribution in [2.24, 2.45) is 0 Å². The summed E-state index contributed by atoms with van der Waals surface area (Å²) >= 11 is 0. The Balaban J connectivity index is 2.32. The molecule has 1 heterocycles. The SMILES string of the molecule is C=CCc1cc(N)ccc1Oc1nccc(C(F)(F)F)n1. The highest BCUT2D eigenvalue weighted by atomic mass is 19.4. The number of hydrogen-bond donors (Lipinski definition) is 1. The van der Waals surface area contributed by atoms with Gasteiger partial charge in [-0.05, 0) is 30.7 Å². The summed E-state index contributed by atoms with van der Waals surface area (Å²) in [6, 6.07) is 5.19. The number of nitrogens with zero attached hydrogens (tertiary/aromatic N) is 2. The van der Waals surface area contributed by atoms with Gasteiger partial charge >= 0.3 is 12.2 Å². The van der Waals surface area contributed by atoms with Gasteiger partial charge in [0.15, 0.2) is 5.69 Å². The molecule has 0 bridgehead atoms. The topological polar surface area (TPSA) is 61.0 Å². The number of allylic oxidation sites excluding steroid dienone is 1. The molecule has 0 amide bonds. The van der Waals surface area contributed by atoms with Gasteiger partial charge in [0.05, 0.1) is 0 Å². The van der Waals surface area contributed by atoms with Gasteiger partial charge in [-0.15, -0.1) is 6.58 Å². The van der Waals surface area contributed by atoms with Crippen LogP contribution >= 0.6 is 0 Å². The highest BCUT2D eigenvalue weighted by Crippen LogP contribution is 2.30. The molecule has 1 aromatic carbocycles. The molecule has 2 aromatic rings. The normalized spacial score (nSPS) is 11.2. The van der Waals surface area contributed by atoms with E-state index in [-0.39, 0.29) is 6.01 Å². The number of anilines is 1. The van der Waals surface area contributed by atoms with Crippen molar-refractivity contribution in [3.8, 4) is 11.8 Å². The van der Waals surface area contributed by atoms with Gasteiger partial charge in [-0.25, -0.2) is 4.98 Å². The summed E-state index contributed by atoms with van der Waals surface area (Å²) in [5, 5.41) is 0. The molecule has 0 saturated heterocycles. The number of alkyl halides is 3. The Morgan fingerprint density at radius 1 is 1.29 bits per heavy atom. The van der Waals surface area contributed by atoms with E-state index >= 15 is 0 Å². The van der Waals surface area contributed by atoms with Crippen LogP contribution in [0.4, 0.5) is 18.9 Å². The molecule has 4 nitrogen and oxygen atoms in total. The van der Waals surface area contributed by atoms with E-state index in [2.05, 4.69) is 16.5 Å². The van der Waals surface area contributed by atoms with Crippen LogP contribution in [0.3, 0.4) is 0 Å². The fraction of sp³-hybridized carbons (Fsp3) is 0.143. The Morgan fingerprint density at radius 2 is 2.05 bits per heavy atom. The number of benzene rings is 1. The maximum absolute atomic E-state index is 12.6. The lowest BCUT2D eigenvalue weighted by Crippen LogP contribution is -2.09. The number of nitrogen functional groups attached to an aromatic ring is 1. The van der Waals surface area contributed by atoms with Gasteiger partial charge in [0.25, 0.3) is 0 Å². The lowest BCUT2D eigenvalue weighted by Gasteiger charge is -2.11. The molecule has 0 aliphatic carbocycles. The third-order valence-corrected chi connectivity index (χ3v) is 2.57. The van der Waals surface area contributed by atoms with E-state index in [4.69, 9.17) is 10.5 Å². The average Bonchev–Trinajstić information content (AvgIpc) is 2.42. The van der Waals surface area contributed by atoms with Crippen LogP contribution in [-0.4, -0.2) is 9.97 Å². The molecule has 0 unspecified atom stereocenters. The largest absolute Gasteiger partial charge is 0.433 e. The number of ether oxygens (including phenoxy) is 1. The standard InChI is InChI=1S/C14H12F3N3O/c1-2-3-9-8-10(18)4-5-11(9)21-13-19-7-6-12(20-13)14(15,16)17/h2,4-8H,1,3,18H2. The highest BCUT2D eigenvalue weighted by molar-refractivity contribution is 5.49. The first-order valence-electron chi connectivity index (χ1n) is 5.97. The van der Waals surface area contributed by atoms with E-state index in [1.165, 1.54) is 0 Å². The van der Waals surface area contributed by atoms with E-state index in [9.17, 15) is 13.2 Å². The molecule has 0 fully saturated rings. The number of halogens is 3. The minimum atomic E-state index is -4.55. The van der Waals surface area contributed by atoms with Crippen molar-refractivity contribution in [2.45, 2.75) is 12.6 Å². The van der Waals surface area contributed by atoms with E-state index < -0.39 is 11.9 Å². The van der Waals surface area contributed by atoms with Gasteiger partial charge < -0.3 is 10.5 Å². The lowest BCUT2D eigenvalue weighted by atomic mass is 10.1. The molecular formula is C14H12F3N3O. The Morgan fingerprint density at radius 3 is 2.71 bits per heavy atom. The number of aromatic nitrogens is 2. The molecular weight excluding hydrogens is 283 g/mol. The zero-order chi connectivity index (χ0) is 15.5. The monoisotopic (exact) mass is 295 g/mol. The van der Waals surface area contributed by atoms with E-state index in [1.807, 2.05) is 0 Å². The molecule has 0 aliphatic rings. The molecule has 0 spiro atoms. The fourth-order valence-corrected chi connectivity index (χ4v) is 1.66. The number of rotatable bonds is 4. The van der Waals surface area contributed by atoms with E-state index in [1.54, 1.807) is 24.3 Å². The van der Waals surface area contributed by atoms with Gasteiger partial charge in [-0.2, -0.15) is 18.2 Å².